The van der Waals surface area contributed by atoms with Gasteiger partial charge in [0.05, 0.1) is 5.69 Å². The van der Waals surface area contributed by atoms with E-state index in [1.165, 1.54) is 54.5 Å². The van der Waals surface area contributed by atoms with E-state index in [-0.39, 0.29) is 0 Å². The van der Waals surface area contributed by atoms with Crippen molar-refractivity contribution >= 4 is 16.5 Å². The summed E-state index contributed by atoms with van der Waals surface area (Å²) in [5, 5.41) is 4.75. The van der Waals surface area contributed by atoms with Gasteiger partial charge in [-0.05, 0) is 37.6 Å². The maximum atomic E-state index is 4.97. The molecule has 3 nitrogen and oxygen atoms in total. The topological polar surface area (TPSA) is 28.2 Å². The van der Waals surface area contributed by atoms with Gasteiger partial charge in [0.1, 0.15) is 0 Å². The molecule has 0 spiro atoms. The van der Waals surface area contributed by atoms with E-state index in [0.29, 0.717) is 0 Å². The van der Waals surface area contributed by atoms with Crippen LogP contribution in [0.4, 0.5) is 5.13 Å². The van der Waals surface area contributed by atoms with Crippen molar-refractivity contribution in [2.45, 2.75) is 52.5 Å². The van der Waals surface area contributed by atoms with E-state index in [1.54, 1.807) is 0 Å². The Balaban J connectivity index is 1.72. The normalized spacial score (nSPS) is 25.4. The van der Waals surface area contributed by atoms with Gasteiger partial charge >= 0.3 is 0 Å². The quantitative estimate of drug-likeness (QED) is 0.871. The molecule has 1 aromatic heterocycles. The Morgan fingerprint density at radius 3 is 2.65 bits per heavy atom. The molecule has 0 amide bonds. The molecule has 2 atom stereocenters. The van der Waals surface area contributed by atoms with Crippen LogP contribution >= 0.6 is 11.3 Å². The van der Waals surface area contributed by atoms with Crippen LogP contribution in [0.3, 0.4) is 0 Å². The van der Waals surface area contributed by atoms with E-state index in [9.17, 15) is 0 Å². The highest BCUT2D eigenvalue weighted by Crippen LogP contribution is 2.41. The zero-order valence-electron chi connectivity index (χ0n) is 12.8. The van der Waals surface area contributed by atoms with Gasteiger partial charge < -0.3 is 10.2 Å². The molecule has 1 aromatic rings. The summed E-state index contributed by atoms with van der Waals surface area (Å²) in [4.78, 5) is 8.99. The standard InChI is InChI=1S/C16H27N3S/c1-3-6-14-15(9-17-4-2)20-16(18-14)19-10-12-7-5-8-13(12)11-19/h12-13,17H,3-11H2,1-2H3. The van der Waals surface area contributed by atoms with Crippen LogP contribution < -0.4 is 10.2 Å². The Hall–Kier alpha value is -0.610. The SMILES string of the molecule is CCCc1nc(N2CC3CCCC3C2)sc1CNCC. The fraction of sp³-hybridized carbons (Fsp3) is 0.812. The smallest absolute Gasteiger partial charge is 0.185 e. The Morgan fingerprint density at radius 2 is 2.00 bits per heavy atom. The summed E-state index contributed by atoms with van der Waals surface area (Å²) in [6, 6.07) is 0. The summed E-state index contributed by atoms with van der Waals surface area (Å²) >= 11 is 1.93. The number of thiazole rings is 1. The molecule has 1 N–H and O–H groups in total. The number of hydrogen-bond donors (Lipinski definition) is 1. The molecule has 4 heteroatoms. The summed E-state index contributed by atoms with van der Waals surface area (Å²) in [7, 11) is 0. The number of anilines is 1. The number of aryl methyl sites for hydroxylation is 1. The second-order valence-electron chi connectivity index (χ2n) is 6.25. The van der Waals surface area contributed by atoms with E-state index in [2.05, 4.69) is 24.1 Å². The third-order valence-corrected chi connectivity index (χ3v) is 5.94. The van der Waals surface area contributed by atoms with Gasteiger partial charge in [-0.3, -0.25) is 0 Å². The number of rotatable bonds is 6. The predicted molar refractivity (Wildman–Crippen MR) is 86.5 cm³/mol. The average molecular weight is 293 g/mol. The van der Waals surface area contributed by atoms with E-state index in [4.69, 9.17) is 4.98 Å². The van der Waals surface area contributed by atoms with Crippen LogP contribution in [0.15, 0.2) is 0 Å². The van der Waals surface area contributed by atoms with E-state index >= 15 is 0 Å². The first-order chi connectivity index (χ1) is 9.81. The molecule has 1 aliphatic carbocycles. The second kappa shape index (κ2) is 6.44. The highest BCUT2D eigenvalue weighted by Gasteiger charge is 2.37. The summed E-state index contributed by atoms with van der Waals surface area (Å²) in [5.41, 5.74) is 1.34. The minimum absolute atomic E-state index is 0.950. The highest BCUT2D eigenvalue weighted by molar-refractivity contribution is 7.15. The molecule has 0 bridgehead atoms. The Labute approximate surface area is 126 Å². The number of nitrogens with zero attached hydrogens (tertiary/aromatic N) is 2. The Morgan fingerprint density at radius 1 is 1.25 bits per heavy atom. The lowest BCUT2D eigenvalue weighted by Gasteiger charge is -2.15. The molecule has 20 heavy (non-hydrogen) atoms. The molecule has 2 heterocycles. The third kappa shape index (κ3) is 2.86. The zero-order valence-corrected chi connectivity index (χ0v) is 13.6. The Kier molecular flexibility index (Phi) is 4.61. The average Bonchev–Trinajstić information content (AvgIpc) is 3.09. The van der Waals surface area contributed by atoms with Crippen LogP contribution in [0, 0.1) is 11.8 Å². The third-order valence-electron chi connectivity index (χ3n) is 4.79. The van der Waals surface area contributed by atoms with Crippen molar-refractivity contribution in [2.24, 2.45) is 11.8 Å². The lowest BCUT2D eigenvalue weighted by Crippen LogP contribution is -2.20. The van der Waals surface area contributed by atoms with Gasteiger partial charge in [-0.1, -0.05) is 26.7 Å². The predicted octanol–water partition coefficient (Wildman–Crippen LogP) is 3.44. The highest BCUT2D eigenvalue weighted by atomic mass is 32.1. The lowest BCUT2D eigenvalue weighted by atomic mass is 10.0. The largest absolute Gasteiger partial charge is 0.348 e. The van der Waals surface area contributed by atoms with Gasteiger partial charge in [0.25, 0.3) is 0 Å². The molecule has 1 saturated heterocycles. The first-order valence-electron chi connectivity index (χ1n) is 8.26. The van der Waals surface area contributed by atoms with Crippen molar-refractivity contribution < 1.29 is 0 Å². The fourth-order valence-electron chi connectivity index (χ4n) is 3.70. The Bertz CT molecular complexity index is 431. The van der Waals surface area contributed by atoms with Crippen molar-refractivity contribution in [3.63, 3.8) is 0 Å². The minimum Gasteiger partial charge on any atom is -0.348 e. The van der Waals surface area contributed by atoms with Crippen molar-refractivity contribution in [1.82, 2.24) is 10.3 Å². The molecule has 2 aliphatic rings. The number of aromatic nitrogens is 1. The molecule has 0 aromatic carbocycles. The lowest BCUT2D eigenvalue weighted by molar-refractivity contribution is 0.494. The van der Waals surface area contributed by atoms with Crippen molar-refractivity contribution in [3.05, 3.63) is 10.6 Å². The first kappa shape index (κ1) is 14.3. The van der Waals surface area contributed by atoms with Crippen LogP contribution in [-0.4, -0.2) is 24.6 Å². The minimum atomic E-state index is 0.950. The maximum absolute atomic E-state index is 4.97. The summed E-state index contributed by atoms with van der Waals surface area (Å²) in [6.07, 6.45) is 6.65. The molecule has 3 rings (SSSR count). The molecule has 2 unspecified atom stereocenters. The van der Waals surface area contributed by atoms with Crippen LogP contribution in [0.2, 0.25) is 0 Å². The van der Waals surface area contributed by atoms with Gasteiger partial charge in [0.15, 0.2) is 5.13 Å². The van der Waals surface area contributed by atoms with Crippen molar-refractivity contribution in [2.75, 3.05) is 24.5 Å². The van der Waals surface area contributed by atoms with Crippen LogP contribution in [-0.2, 0) is 13.0 Å². The number of fused-ring (bicyclic) bond motifs is 1. The van der Waals surface area contributed by atoms with Gasteiger partial charge in [-0.2, -0.15) is 0 Å². The molecular weight excluding hydrogens is 266 g/mol. The van der Waals surface area contributed by atoms with Crippen molar-refractivity contribution in [3.8, 4) is 0 Å². The molecule has 1 aliphatic heterocycles. The molecule has 112 valence electrons. The monoisotopic (exact) mass is 293 g/mol. The van der Waals surface area contributed by atoms with Crippen molar-refractivity contribution in [1.29, 1.82) is 0 Å². The van der Waals surface area contributed by atoms with Crippen LogP contribution in [0.5, 0.6) is 0 Å². The molecule has 1 saturated carbocycles. The zero-order chi connectivity index (χ0) is 13.9. The number of nitrogens with one attached hydrogen (secondary N) is 1. The second-order valence-corrected chi connectivity index (χ2v) is 7.31. The van der Waals surface area contributed by atoms with Crippen LogP contribution in [0.1, 0.15) is 50.1 Å². The number of hydrogen-bond acceptors (Lipinski definition) is 4. The van der Waals surface area contributed by atoms with E-state index in [1.807, 2.05) is 11.3 Å². The summed E-state index contributed by atoms with van der Waals surface area (Å²) in [5.74, 6) is 1.90. The molecule has 0 radical (unpaired) electrons. The molecule has 2 fully saturated rings. The van der Waals surface area contributed by atoms with Gasteiger partial charge in [0.2, 0.25) is 0 Å². The van der Waals surface area contributed by atoms with Gasteiger partial charge in [-0.25, -0.2) is 4.98 Å². The van der Waals surface area contributed by atoms with E-state index in [0.717, 1.165) is 31.3 Å². The van der Waals surface area contributed by atoms with E-state index < -0.39 is 0 Å². The summed E-state index contributed by atoms with van der Waals surface area (Å²) in [6.45, 7) is 8.95. The summed E-state index contributed by atoms with van der Waals surface area (Å²) < 4.78 is 0. The first-order valence-corrected chi connectivity index (χ1v) is 9.07. The van der Waals surface area contributed by atoms with Gasteiger partial charge in [0, 0.05) is 24.5 Å². The van der Waals surface area contributed by atoms with Crippen LogP contribution in [0.25, 0.3) is 0 Å². The van der Waals surface area contributed by atoms with Gasteiger partial charge in [-0.15, -0.1) is 11.3 Å². The molecular formula is C16H27N3S. The maximum Gasteiger partial charge on any atom is 0.185 e. The fourth-order valence-corrected chi connectivity index (χ4v) is 4.80.